The molecule has 1 aromatic heterocycles. The fourth-order valence-corrected chi connectivity index (χ4v) is 3.84. The fraction of sp³-hybridized carbons (Fsp3) is 0.130. The Bertz CT molecular complexity index is 1200. The maximum absolute atomic E-state index is 12.9. The van der Waals surface area contributed by atoms with Crippen molar-refractivity contribution in [2.24, 2.45) is 0 Å². The number of nitrogens with zero attached hydrogens (tertiary/aromatic N) is 1. The van der Waals surface area contributed by atoms with Gasteiger partial charge in [0, 0.05) is 0 Å². The predicted octanol–water partition coefficient (Wildman–Crippen LogP) is 4.21. The molecule has 6 nitrogen and oxygen atoms in total. The molecule has 4 rings (SSSR count). The van der Waals surface area contributed by atoms with Crippen LogP contribution in [0.2, 0.25) is 0 Å². The van der Waals surface area contributed by atoms with Crippen molar-refractivity contribution in [1.82, 2.24) is 0 Å². The highest BCUT2D eigenvalue weighted by atomic mass is 32.1. The fourth-order valence-electron chi connectivity index (χ4n) is 3.19. The second-order valence-corrected chi connectivity index (χ2v) is 7.90. The van der Waals surface area contributed by atoms with Crippen molar-refractivity contribution in [1.29, 1.82) is 0 Å². The van der Waals surface area contributed by atoms with Crippen LogP contribution in [0.4, 0.5) is 5.69 Å². The van der Waals surface area contributed by atoms with Crippen molar-refractivity contribution >= 4 is 40.6 Å². The molecule has 3 aromatic rings. The van der Waals surface area contributed by atoms with Crippen molar-refractivity contribution in [3.8, 4) is 0 Å². The Morgan fingerprint density at radius 3 is 2.40 bits per heavy atom. The lowest BCUT2D eigenvalue weighted by Gasteiger charge is -2.15. The summed E-state index contributed by atoms with van der Waals surface area (Å²) in [5, 5.41) is 1.76. The van der Waals surface area contributed by atoms with E-state index in [0.29, 0.717) is 10.6 Å². The predicted molar refractivity (Wildman–Crippen MR) is 112 cm³/mol. The van der Waals surface area contributed by atoms with Gasteiger partial charge >= 0.3 is 5.97 Å². The number of aryl methyl sites for hydroxylation is 2. The number of ketones is 1. The van der Waals surface area contributed by atoms with E-state index in [-0.39, 0.29) is 22.5 Å². The van der Waals surface area contributed by atoms with Crippen LogP contribution in [-0.2, 0) is 4.74 Å². The summed E-state index contributed by atoms with van der Waals surface area (Å²) in [6, 6.07) is 12.9. The molecule has 0 atom stereocenters. The summed E-state index contributed by atoms with van der Waals surface area (Å²) in [7, 11) is 0. The van der Waals surface area contributed by atoms with E-state index in [4.69, 9.17) is 4.74 Å². The highest BCUT2D eigenvalue weighted by Crippen LogP contribution is 2.30. The van der Waals surface area contributed by atoms with Gasteiger partial charge in [0.05, 0.1) is 27.3 Å². The minimum atomic E-state index is -0.729. The largest absolute Gasteiger partial charge is 0.454 e. The summed E-state index contributed by atoms with van der Waals surface area (Å²) in [4.78, 5) is 51.6. The molecule has 0 bridgehead atoms. The highest BCUT2D eigenvalue weighted by molar-refractivity contribution is 7.12. The Balaban J connectivity index is 1.54. The van der Waals surface area contributed by atoms with E-state index in [2.05, 4.69) is 0 Å². The number of hydrogen-bond donors (Lipinski definition) is 0. The summed E-state index contributed by atoms with van der Waals surface area (Å²) < 4.78 is 5.08. The number of hydrogen-bond acceptors (Lipinski definition) is 6. The molecule has 2 aromatic carbocycles. The van der Waals surface area contributed by atoms with E-state index >= 15 is 0 Å². The number of ether oxygens (including phenoxy) is 1. The number of carbonyl (C=O) groups is 4. The van der Waals surface area contributed by atoms with Gasteiger partial charge in [-0.2, -0.15) is 0 Å². The third-order valence-corrected chi connectivity index (χ3v) is 5.91. The molecule has 1 aliphatic heterocycles. The highest BCUT2D eigenvalue weighted by Gasteiger charge is 2.37. The number of esters is 1. The van der Waals surface area contributed by atoms with E-state index in [1.54, 1.807) is 29.6 Å². The quantitative estimate of drug-likeness (QED) is 0.352. The molecule has 30 heavy (non-hydrogen) atoms. The summed E-state index contributed by atoms with van der Waals surface area (Å²) in [5.74, 6) is -1.96. The van der Waals surface area contributed by atoms with E-state index in [0.717, 1.165) is 16.0 Å². The number of fused-ring (bicyclic) bond motifs is 1. The zero-order chi connectivity index (χ0) is 21.4. The number of thiophene rings is 1. The zero-order valence-electron chi connectivity index (χ0n) is 16.3. The van der Waals surface area contributed by atoms with Crippen molar-refractivity contribution in [3.63, 3.8) is 0 Å². The molecule has 2 amide bonds. The average molecular weight is 419 g/mol. The van der Waals surface area contributed by atoms with E-state index in [1.165, 1.54) is 29.5 Å². The van der Waals surface area contributed by atoms with Gasteiger partial charge in [-0.15, -0.1) is 11.3 Å². The minimum absolute atomic E-state index is 0.107. The Hall–Kier alpha value is -3.58. The molecule has 0 fully saturated rings. The standard InChI is InChI=1S/C23H17NO5S/c1-13-5-7-16(10-14(13)2)24-21(26)17-8-6-15(11-18(17)22(24)27)23(28)29-12-19(25)20-4-3-9-30-20/h3-11H,12H2,1-2H3. The van der Waals surface area contributed by atoms with Crippen LogP contribution in [0.1, 0.15) is 51.9 Å². The molecule has 0 radical (unpaired) electrons. The molecule has 0 N–H and O–H groups in total. The van der Waals surface area contributed by atoms with E-state index < -0.39 is 24.4 Å². The van der Waals surface area contributed by atoms with Gasteiger partial charge in [-0.05, 0) is 66.8 Å². The van der Waals surface area contributed by atoms with Gasteiger partial charge in [-0.25, -0.2) is 9.69 Å². The van der Waals surface area contributed by atoms with Crippen molar-refractivity contribution in [3.05, 3.63) is 86.6 Å². The van der Waals surface area contributed by atoms with Gasteiger partial charge in [0.25, 0.3) is 11.8 Å². The number of carbonyl (C=O) groups excluding carboxylic acids is 4. The van der Waals surface area contributed by atoms with Crippen LogP contribution in [0.3, 0.4) is 0 Å². The number of benzene rings is 2. The first-order valence-corrected chi connectivity index (χ1v) is 10.1. The molecule has 2 heterocycles. The minimum Gasteiger partial charge on any atom is -0.454 e. The molecule has 0 aliphatic carbocycles. The maximum atomic E-state index is 12.9. The summed E-state index contributed by atoms with van der Waals surface area (Å²) >= 11 is 1.27. The van der Waals surface area contributed by atoms with Gasteiger partial charge < -0.3 is 4.74 Å². The molecular weight excluding hydrogens is 402 g/mol. The van der Waals surface area contributed by atoms with Gasteiger partial charge in [-0.1, -0.05) is 12.1 Å². The average Bonchev–Trinajstić information content (AvgIpc) is 3.36. The molecule has 0 saturated heterocycles. The molecule has 0 spiro atoms. The summed E-state index contributed by atoms with van der Waals surface area (Å²) in [6.45, 7) is 3.46. The van der Waals surface area contributed by atoms with Crippen LogP contribution < -0.4 is 4.90 Å². The number of amides is 2. The Kier molecular flexibility index (Phi) is 5.05. The van der Waals surface area contributed by atoms with Crippen molar-refractivity contribution < 1.29 is 23.9 Å². The molecule has 0 saturated carbocycles. The Morgan fingerprint density at radius 1 is 0.933 bits per heavy atom. The maximum Gasteiger partial charge on any atom is 0.338 e. The third kappa shape index (κ3) is 3.44. The molecule has 150 valence electrons. The van der Waals surface area contributed by atoms with E-state index in [9.17, 15) is 19.2 Å². The molecule has 0 unspecified atom stereocenters. The van der Waals surface area contributed by atoms with Crippen LogP contribution in [0.15, 0.2) is 53.9 Å². The zero-order valence-corrected chi connectivity index (χ0v) is 17.1. The van der Waals surface area contributed by atoms with Crippen molar-refractivity contribution in [2.75, 3.05) is 11.5 Å². The lowest BCUT2D eigenvalue weighted by Crippen LogP contribution is -2.29. The lowest BCUT2D eigenvalue weighted by molar-refractivity contribution is 0.0475. The summed E-state index contributed by atoms with van der Waals surface area (Å²) in [6.07, 6.45) is 0. The van der Waals surface area contributed by atoms with Crippen molar-refractivity contribution in [2.45, 2.75) is 13.8 Å². The second-order valence-electron chi connectivity index (χ2n) is 6.95. The number of rotatable bonds is 5. The molecule has 7 heteroatoms. The summed E-state index contributed by atoms with van der Waals surface area (Å²) in [5.41, 5.74) is 2.97. The molecule has 1 aliphatic rings. The lowest BCUT2D eigenvalue weighted by atomic mass is 10.1. The van der Waals surface area contributed by atoms with Gasteiger partial charge in [0.2, 0.25) is 5.78 Å². The number of Topliss-reactive ketones (excluding diaryl/α,β-unsaturated/α-hetero) is 1. The monoisotopic (exact) mass is 419 g/mol. The van der Waals surface area contributed by atoms with Crippen LogP contribution in [0.25, 0.3) is 0 Å². The normalized spacial score (nSPS) is 12.8. The van der Waals surface area contributed by atoms with Gasteiger partial charge in [0.1, 0.15) is 0 Å². The van der Waals surface area contributed by atoms with E-state index in [1.807, 2.05) is 19.9 Å². The number of anilines is 1. The van der Waals surface area contributed by atoms with Crippen LogP contribution in [0.5, 0.6) is 0 Å². The Labute approximate surface area is 176 Å². The topological polar surface area (TPSA) is 80.8 Å². The van der Waals surface area contributed by atoms with Gasteiger partial charge in [-0.3, -0.25) is 14.4 Å². The molecular formula is C23H17NO5S. The SMILES string of the molecule is Cc1ccc(N2C(=O)c3ccc(C(=O)OCC(=O)c4cccs4)cc3C2=O)cc1C. The number of imide groups is 1. The Morgan fingerprint density at radius 2 is 1.70 bits per heavy atom. The van der Waals surface area contributed by atoms with Gasteiger partial charge in [0.15, 0.2) is 6.61 Å². The van der Waals surface area contributed by atoms with Crippen LogP contribution in [0, 0.1) is 13.8 Å². The smallest absolute Gasteiger partial charge is 0.338 e. The first-order valence-electron chi connectivity index (χ1n) is 9.20. The second kappa shape index (κ2) is 7.68. The van der Waals surface area contributed by atoms with Crippen LogP contribution in [-0.4, -0.2) is 30.2 Å². The van der Waals surface area contributed by atoms with Crippen LogP contribution >= 0.6 is 11.3 Å². The third-order valence-electron chi connectivity index (χ3n) is 5.00. The first kappa shape index (κ1) is 19.7. The first-order chi connectivity index (χ1) is 14.4.